The van der Waals surface area contributed by atoms with Gasteiger partial charge in [-0.3, -0.25) is 14.5 Å². The minimum atomic E-state index is -3.49. The van der Waals surface area contributed by atoms with Crippen molar-refractivity contribution in [1.82, 2.24) is 9.88 Å². The summed E-state index contributed by atoms with van der Waals surface area (Å²) in [6.07, 6.45) is 0.244. The van der Waals surface area contributed by atoms with Crippen LogP contribution < -0.4 is 10.6 Å². The lowest BCUT2D eigenvalue weighted by Crippen LogP contribution is -2.55. The number of nitrogens with two attached hydrogens (primary N) is 1. The fourth-order valence-electron chi connectivity index (χ4n) is 3.55. The van der Waals surface area contributed by atoms with E-state index in [0.717, 1.165) is 5.56 Å². The zero-order valence-corrected chi connectivity index (χ0v) is 18.6. The minimum absolute atomic E-state index is 0.244. The lowest BCUT2D eigenvalue weighted by molar-refractivity contribution is -0.126. The van der Waals surface area contributed by atoms with Gasteiger partial charge in [-0.1, -0.05) is 30.3 Å². The van der Waals surface area contributed by atoms with Crippen LogP contribution in [0.2, 0.25) is 0 Å². The zero-order chi connectivity index (χ0) is 21.9. The summed E-state index contributed by atoms with van der Waals surface area (Å²) in [6.45, 7) is 2.44. The number of amides is 2. The minimum Gasteiger partial charge on any atom is -0.368 e. The van der Waals surface area contributed by atoms with E-state index in [2.05, 4.69) is 4.98 Å². The van der Waals surface area contributed by atoms with Crippen LogP contribution in [0.4, 0.5) is 5.82 Å². The summed E-state index contributed by atoms with van der Waals surface area (Å²) in [6, 6.07) is 8.31. The van der Waals surface area contributed by atoms with Gasteiger partial charge in [0.1, 0.15) is 11.9 Å². The molecule has 2 amide bonds. The predicted molar refractivity (Wildman–Crippen MR) is 117 cm³/mol. The Hall–Kier alpha value is -2.30. The number of carbonyl (C=O) groups is 2. The standard InChI is InChI=1S/C20H26N4O4S2/c1-14(19(21)25)24(18-11-29-13-22-18)20(26)16(8-15-6-4-3-5-7-15)12-30(27,28)17-9-23(2)10-17/h3-7,11,13-14,16-17H,8-10,12H2,1-2H3,(H2,21,25)/t14-,16?/m0/s1. The molecule has 2 N–H and O–H groups in total. The van der Waals surface area contributed by atoms with Crippen LogP contribution >= 0.6 is 11.3 Å². The second kappa shape index (κ2) is 9.23. The molecule has 1 aromatic heterocycles. The van der Waals surface area contributed by atoms with Crippen LogP contribution in [0.3, 0.4) is 0 Å². The molecule has 8 nitrogen and oxygen atoms in total. The van der Waals surface area contributed by atoms with Crippen LogP contribution in [0, 0.1) is 5.92 Å². The van der Waals surface area contributed by atoms with Gasteiger partial charge in [0, 0.05) is 18.5 Å². The second-order valence-electron chi connectivity index (χ2n) is 7.69. The molecule has 1 unspecified atom stereocenters. The molecular formula is C20H26N4O4S2. The highest BCUT2D eigenvalue weighted by molar-refractivity contribution is 7.92. The van der Waals surface area contributed by atoms with Crippen molar-refractivity contribution in [2.75, 3.05) is 30.8 Å². The van der Waals surface area contributed by atoms with Crippen molar-refractivity contribution in [1.29, 1.82) is 0 Å². The summed E-state index contributed by atoms with van der Waals surface area (Å²) < 4.78 is 25.9. The second-order valence-corrected chi connectivity index (χ2v) is 10.7. The normalized spacial score (nSPS) is 17.1. The lowest BCUT2D eigenvalue weighted by atomic mass is 9.99. The molecule has 2 aromatic rings. The molecule has 3 rings (SSSR count). The quantitative estimate of drug-likeness (QED) is 0.608. The van der Waals surface area contributed by atoms with E-state index in [0.29, 0.717) is 18.9 Å². The van der Waals surface area contributed by atoms with Crippen molar-refractivity contribution < 1.29 is 18.0 Å². The number of sulfone groups is 1. The number of thiazole rings is 1. The number of anilines is 1. The Morgan fingerprint density at radius 2 is 1.97 bits per heavy atom. The van der Waals surface area contributed by atoms with Crippen LogP contribution in [0.5, 0.6) is 0 Å². The average molecular weight is 451 g/mol. The molecule has 2 heterocycles. The van der Waals surface area contributed by atoms with Gasteiger partial charge in [-0.15, -0.1) is 11.3 Å². The van der Waals surface area contributed by atoms with E-state index in [-0.39, 0.29) is 12.2 Å². The molecular weight excluding hydrogens is 424 g/mol. The van der Waals surface area contributed by atoms with Crippen molar-refractivity contribution in [2.45, 2.75) is 24.6 Å². The van der Waals surface area contributed by atoms with Gasteiger partial charge in [0.15, 0.2) is 9.84 Å². The summed E-state index contributed by atoms with van der Waals surface area (Å²) in [5.74, 6) is -1.99. The summed E-state index contributed by atoms with van der Waals surface area (Å²) >= 11 is 1.28. The van der Waals surface area contributed by atoms with Crippen LogP contribution in [0.25, 0.3) is 0 Å². The molecule has 2 atom stereocenters. The molecule has 30 heavy (non-hydrogen) atoms. The Morgan fingerprint density at radius 1 is 1.30 bits per heavy atom. The van der Waals surface area contributed by atoms with Gasteiger partial charge in [0.25, 0.3) is 0 Å². The molecule has 1 fully saturated rings. The average Bonchev–Trinajstić information content (AvgIpc) is 3.19. The summed E-state index contributed by atoms with van der Waals surface area (Å²) in [5.41, 5.74) is 7.87. The number of hydrogen-bond acceptors (Lipinski definition) is 7. The predicted octanol–water partition coefficient (Wildman–Crippen LogP) is 0.938. The van der Waals surface area contributed by atoms with E-state index in [9.17, 15) is 18.0 Å². The van der Waals surface area contributed by atoms with E-state index in [1.807, 2.05) is 42.3 Å². The third kappa shape index (κ3) is 5.05. The smallest absolute Gasteiger partial charge is 0.240 e. The molecule has 0 bridgehead atoms. The number of benzene rings is 1. The van der Waals surface area contributed by atoms with Crippen molar-refractivity contribution in [3.8, 4) is 0 Å². The highest BCUT2D eigenvalue weighted by Gasteiger charge is 2.40. The molecule has 0 radical (unpaired) electrons. The summed E-state index contributed by atoms with van der Waals surface area (Å²) in [4.78, 5) is 32.8. The van der Waals surface area contributed by atoms with Crippen molar-refractivity contribution in [3.63, 3.8) is 0 Å². The van der Waals surface area contributed by atoms with Crippen LogP contribution in [0.1, 0.15) is 12.5 Å². The molecule has 1 aromatic carbocycles. The zero-order valence-electron chi connectivity index (χ0n) is 17.0. The fraction of sp³-hybridized carbons (Fsp3) is 0.450. The Balaban J connectivity index is 1.92. The largest absolute Gasteiger partial charge is 0.368 e. The fourth-order valence-corrected chi connectivity index (χ4v) is 6.14. The maximum Gasteiger partial charge on any atom is 0.240 e. The van der Waals surface area contributed by atoms with Gasteiger partial charge < -0.3 is 10.6 Å². The van der Waals surface area contributed by atoms with Gasteiger partial charge >= 0.3 is 0 Å². The van der Waals surface area contributed by atoms with E-state index in [4.69, 9.17) is 5.73 Å². The summed E-state index contributed by atoms with van der Waals surface area (Å²) in [5, 5.41) is 1.17. The van der Waals surface area contributed by atoms with Gasteiger partial charge in [-0.05, 0) is 26.0 Å². The highest BCUT2D eigenvalue weighted by Crippen LogP contribution is 2.25. The molecule has 1 aliphatic rings. The first-order valence-corrected chi connectivity index (χ1v) is 12.3. The molecule has 0 spiro atoms. The summed E-state index contributed by atoms with van der Waals surface area (Å²) in [7, 11) is -1.63. The number of primary amides is 1. The van der Waals surface area contributed by atoms with E-state index in [1.165, 1.54) is 23.2 Å². The van der Waals surface area contributed by atoms with E-state index >= 15 is 0 Å². The third-order valence-electron chi connectivity index (χ3n) is 5.35. The molecule has 1 saturated heterocycles. The van der Waals surface area contributed by atoms with Crippen molar-refractivity contribution >= 4 is 38.8 Å². The SMILES string of the molecule is C[C@@H](C(N)=O)N(C(=O)C(Cc1ccccc1)CS(=O)(=O)C1CN(C)C1)c1cscn1. The van der Waals surface area contributed by atoms with E-state index < -0.39 is 38.9 Å². The first-order valence-electron chi connectivity index (χ1n) is 9.63. The Kier molecular flexibility index (Phi) is 6.89. The molecule has 10 heteroatoms. The number of likely N-dealkylation sites (tertiary alicyclic amines) is 1. The Bertz CT molecular complexity index is 974. The Morgan fingerprint density at radius 3 is 2.50 bits per heavy atom. The van der Waals surface area contributed by atoms with Crippen molar-refractivity contribution in [3.05, 3.63) is 46.8 Å². The number of nitrogens with zero attached hydrogens (tertiary/aromatic N) is 3. The number of aromatic nitrogens is 1. The topological polar surface area (TPSA) is 114 Å². The maximum absolute atomic E-state index is 13.6. The van der Waals surface area contributed by atoms with Gasteiger partial charge in [0.2, 0.25) is 11.8 Å². The lowest BCUT2D eigenvalue weighted by Gasteiger charge is -2.36. The number of hydrogen-bond donors (Lipinski definition) is 1. The number of carbonyl (C=O) groups excluding carboxylic acids is 2. The third-order valence-corrected chi connectivity index (χ3v) is 8.10. The Labute approximate surface area is 180 Å². The highest BCUT2D eigenvalue weighted by atomic mass is 32.2. The maximum atomic E-state index is 13.6. The first-order chi connectivity index (χ1) is 14.2. The monoisotopic (exact) mass is 450 g/mol. The van der Waals surface area contributed by atoms with Gasteiger partial charge in [-0.2, -0.15) is 0 Å². The van der Waals surface area contributed by atoms with Crippen LogP contribution in [0.15, 0.2) is 41.2 Å². The van der Waals surface area contributed by atoms with E-state index in [1.54, 1.807) is 10.9 Å². The van der Waals surface area contributed by atoms with Crippen LogP contribution in [-0.4, -0.2) is 67.3 Å². The molecule has 1 aliphatic heterocycles. The molecule has 0 saturated carbocycles. The first kappa shape index (κ1) is 22.4. The number of rotatable bonds is 9. The molecule has 162 valence electrons. The van der Waals surface area contributed by atoms with Crippen LogP contribution in [-0.2, 0) is 25.8 Å². The van der Waals surface area contributed by atoms with Crippen molar-refractivity contribution in [2.24, 2.45) is 11.7 Å². The molecule has 0 aliphatic carbocycles. The van der Waals surface area contributed by atoms with Gasteiger partial charge in [-0.25, -0.2) is 13.4 Å². The van der Waals surface area contributed by atoms with Gasteiger partial charge in [0.05, 0.1) is 22.4 Å².